The number of benzene rings is 2. The van der Waals surface area contributed by atoms with Gasteiger partial charge in [0.2, 0.25) is 0 Å². The van der Waals surface area contributed by atoms with E-state index < -0.39 is 0 Å². The molecule has 92 valence electrons. The minimum atomic E-state index is 0.179. The van der Waals surface area contributed by atoms with E-state index in [0.29, 0.717) is 6.42 Å². The molecule has 0 N–H and O–H groups in total. The number of carbonyl (C=O) groups is 1. The second kappa shape index (κ2) is 5.83. The van der Waals surface area contributed by atoms with Crippen LogP contribution in [0.2, 0.25) is 5.02 Å². The normalized spacial score (nSPS) is 12.1. The molecule has 0 radical (unpaired) electrons. The molecule has 0 heterocycles. The van der Waals surface area contributed by atoms with Crippen molar-refractivity contribution >= 4 is 17.4 Å². The third-order valence-electron chi connectivity index (χ3n) is 3.03. The van der Waals surface area contributed by atoms with Crippen LogP contribution in [0.5, 0.6) is 0 Å². The molecule has 0 aliphatic heterocycles. The molecule has 2 aromatic carbocycles. The number of rotatable bonds is 4. The fourth-order valence-electron chi connectivity index (χ4n) is 1.93. The van der Waals surface area contributed by atoms with Crippen LogP contribution in [0.25, 0.3) is 0 Å². The lowest BCUT2D eigenvalue weighted by Crippen LogP contribution is -2.04. The van der Waals surface area contributed by atoms with Crippen molar-refractivity contribution < 1.29 is 4.79 Å². The Labute approximate surface area is 112 Å². The van der Waals surface area contributed by atoms with Crippen LogP contribution in [0.4, 0.5) is 0 Å². The summed E-state index contributed by atoms with van der Waals surface area (Å²) in [5.74, 6) is 0.382. The van der Waals surface area contributed by atoms with Crippen LogP contribution in [0.15, 0.2) is 54.6 Å². The standard InChI is InChI=1S/C16H15ClO/c1-12(13-7-9-15(17)10-8-13)11-16(18)14-5-3-2-4-6-14/h2-10,12H,11H2,1H3/t12-/m1/s1. The molecule has 2 rings (SSSR count). The van der Waals surface area contributed by atoms with Gasteiger partial charge in [0.1, 0.15) is 0 Å². The lowest BCUT2D eigenvalue weighted by Gasteiger charge is -2.11. The Morgan fingerprint density at radius 2 is 1.67 bits per heavy atom. The van der Waals surface area contributed by atoms with Crippen molar-refractivity contribution in [3.63, 3.8) is 0 Å². The summed E-state index contributed by atoms with van der Waals surface area (Å²) < 4.78 is 0. The van der Waals surface area contributed by atoms with Gasteiger partial charge in [-0.3, -0.25) is 4.79 Å². The summed E-state index contributed by atoms with van der Waals surface area (Å²) >= 11 is 5.85. The Bertz CT molecular complexity index is 517. The highest BCUT2D eigenvalue weighted by molar-refractivity contribution is 6.30. The smallest absolute Gasteiger partial charge is 0.163 e. The first-order chi connectivity index (χ1) is 8.66. The lowest BCUT2D eigenvalue weighted by molar-refractivity contribution is 0.0975. The number of halogens is 1. The van der Waals surface area contributed by atoms with Crippen LogP contribution >= 0.6 is 11.6 Å². The van der Waals surface area contributed by atoms with Gasteiger partial charge in [-0.25, -0.2) is 0 Å². The monoisotopic (exact) mass is 258 g/mol. The molecule has 0 saturated heterocycles. The fourth-order valence-corrected chi connectivity index (χ4v) is 2.06. The average Bonchev–Trinajstić information content (AvgIpc) is 2.40. The third kappa shape index (κ3) is 3.21. The van der Waals surface area contributed by atoms with Gasteiger partial charge >= 0.3 is 0 Å². The van der Waals surface area contributed by atoms with E-state index in [1.165, 1.54) is 0 Å². The number of hydrogen-bond donors (Lipinski definition) is 0. The van der Waals surface area contributed by atoms with Crippen molar-refractivity contribution in [1.82, 2.24) is 0 Å². The molecule has 2 aromatic rings. The van der Waals surface area contributed by atoms with Crippen LogP contribution in [0, 0.1) is 0 Å². The minimum Gasteiger partial charge on any atom is -0.294 e. The molecule has 2 heteroatoms. The molecule has 1 atom stereocenters. The van der Waals surface area contributed by atoms with E-state index in [2.05, 4.69) is 6.92 Å². The minimum absolute atomic E-state index is 0.179. The number of carbonyl (C=O) groups excluding carboxylic acids is 1. The molecule has 0 saturated carbocycles. The van der Waals surface area contributed by atoms with Crippen molar-refractivity contribution in [3.8, 4) is 0 Å². The van der Waals surface area contributed by atoms with Crippen molar-refractivity contribution in [2.45, 2.75) is 19.3 Å². The van der Waals surface area contributed by atoms with Gasteiger partial charge in [0.15, 0.2) is 5.78 Å². The lowest BCUT2D eigenvalue weighted by atomic mass is 9.93. The predicted molar refractivity (Wildman–Crippen MR) is 75.3 cm³/mol. The van der Waals surface area contributed by atoms with Gasteiger partial charge in [0.25, 0.3) is 0 Å². The summed E-state index contributed by atoms with van der Waals surface area (Å²) in [6.07, 6.45) is 0.519. The highest BCUT2D eigenvalue weighted by Gasteiger charge is 2.12. The molecular weight excluding hydrogens is 244 g/mol. The fraction of sp³-hybridized carbons (Fsp3) is 0.188. The maximum Gasteiger partial charge on any atom is 0.163 e. The van der Waals surface area contributed by atoms with Crippen molar-refractivity contribution in [2.24, 2.45) is 0 Å². The van der Waals surface area contributed by atoms with Gasteiger partial charge in [0, 0.05) is 17.0 Å². The van der Waals surface area contributed by atoms with E-state index in [9.17, 15) is 4.79 Å². The Balaban J connectivity index is 2.06. The van der Waals surface area contributed by atoms with Crippen molar-refractivity contribution in [1.29, 1.82) is 0 Å². The quantitative estimate of drug-likeness (QED) is 0.726. The maximum atomic E-state index is 12.1. The molecule has 0 aliphatic carbocycles. The topological polar surface area (TPSA) is 17.1 Å². The number of hydrogen-bond acceptors (Lipinski definition) is 1. The summed E-state index contributed by atoms with van der Waals surface area (Å²) in [6.45, 7) is 2.06. The molecule has 0 aliphatic rings. The van der Waals surface area contributed by atoms with Gasteiger partial charge in [-0.05, 0) is 23.6 Å². The molecule has 18 heavy (non-hydrogen) atoms. The largest absolute Gasteiger partial charge is 0.294 e. The number of Topliss-reactive ketones (excluding diaryl/α,β-unsaturated/α-hetero) is 1. The van der Waals surface area contributed by atoms with Crippen LogP contribution < -0.4 is 0 Å². The van der Waals surface area contributed by atoms with Gasteiger partial charge in [-0.15, -0.1) is 0 Å². The molecule has 1 nitrogen and oxygen atoms in total. The molecule has 0 fully saturated rings. The first-order valence-corrected chi connectivity index (χ1v) is 6.38. The predicted octanol–water partition coefficient (Wildman–Crippen LogP) is 4.72. The molecule has 0 aromatic heterocycles. The third-order valence-corrected chi connectivity index (χ3v) is 3.28. The summed E-state index contributed by atoms with van der Waals surface area (Å²) in [6, 6.07) is 17.1. The summed E-state index contributed by atoms with van der Waals surface area (Å²) in [7, 11) is 0. The average molecular weight is 259 g/mol. The zero-order chi connectivity index (χ0) is 13.0. The SMILES string of the molecule is C[C@H](CC(=O)c1ccccc1)c1ccc(Cl)cc1. The zero-order valence-electron chi connectivity index (χ0n) is 10.3. The van der Waals surface area contributed by atoms with E-state index in [4.69, 9.17) is 11.6 Å². The van der Waals surface area contributed by atoms with E-state index in [1.54, 1.807) is 0 Å². The van der Waals surface area contributed by atoms with Crippen molar-refractivity contribution in [2.75, 3.05) is 0 Å². The van der Waals surface area contributed by atoms with Crippen LogP contribution in [-0.4, -0.2) is 5.78 Å². The van der Waals surface area contributed by atoms with Crippen LogP contribution in [-0.2, 0) is 0 Å². The summed E-state index contributed by atoms with van der Waals surface area (Å²) in [5.41, 5.74) is 1.92. The first-order valence-electron chi connectivity index (χ1n) is 6.00. The van der Waals surface area contributed by atoms with E-state index in [1.807, 2.05) is 54.6 Å². The van der Waals surface area contributed by atoms with E-state index in [-0.39, 0.29) is 11.7 Å². The summed E-state index contributed by atoms with van der Waals surface area (Å²) in [4.78, 5) is 12.1. The highest BCUT2D eigenvalue weighted by atomic mass is 35.5. The molecular formula is C16H15ClO. The van der Waals surface area contributed by atoms with Crippen molar-refractivity contribution in [3.05, 3.63) is 70.7 Å². The molecule has 0 bridgehead atoms. The number of ketones is 1. The van der Waals surface area contributed by atoms with Gasteiger partial charge in [-0.2, -0.15) is 0 Å². The zero-order valence-corrected chi connectivity index (χ0v) is 11.0. The Kier molecular flexibility index (Phi) is 4.16. The first kappa shape index (κ1) is 12.8. The molecule has 0 spiro atoms. The second-order valence-electron chi connectivity index (χ2n) is 4.45. The highest BCUT2D eigenvalue weighted by Crippen LogP contribution is 2.22. The van der Waals surface area contributed by atoms with Gasteiger partial charge in [0.05, 0.1) is 0 Å². The summed E-state index contributed by atoms with van der Waals surface area (Å²) in [5, 5.41) is 0.723. The second-order valence-corrected chi connectivity index (χ2v) is 4.88. The van der Waals surface area contributed by atoms with E-state index >= 15 is 0 Å². The molecule has 0 unspecified atom stereocenters. The van der Waals surface area contributed by atoms with Crippen LogP contribution in [0.1, 0.15) is 35.2 Å². The Hall–Kier alpha value is -1.60. The maximum absolute atomic E-state index is 12.1. The Morgan fingerprint density at radius 1 is 1.06 bits per heavy atom. The van der Waals surface area contributed by atoms with Gasteiger partial charge < -0.3 is 0 Å². The Morgan fingerprint density at radius 3 is 2.28 bits per heavy atom. The van der Waals surface area contributed by atoms with Gasteiger partial charge in [-0.1, -0.05) is 61.0 Å². The van der Waals surface area contributed by atoms with Crippen LogP contribution in [0.3, 0.4) is 0 Å². The van der Waals surface area contributed by atoms with E-state index in [0.717, 1.165) is 16.1 Å². The molecule has 0 amide bonds.